The van der Waals surface area contributed by atoms with Gasteiger partial charge >= 0.3 is 0 Å². The van der Waals surface area contributed by atoms with E-state index in [0.717, 1.165) is 81.6 Å². The van der Waals surface area contributed by atoms with Crippen molar-refractivity contribution < 1.29 is 18.9 Å². The van der Waals surface area contributed by atoms with Crippen molar-refractivity contribution in [2.24, 2.45) is 5.84 Å². The molecule has 1 saturated carbocycles. The summed E-state index contributed by atoms with van der Waals surface area (Å²) in [5.74, 6) is 6.91. The van der Waals surface area contributed by atoms with Gasteiger partial charge in [0.1, 0.15) is 17.5 Å². The van der Waals surface area contributed by atoms with E-state index in [0.29, 0.717) is 61.0 Å². The number of rotatable bonds is 17. The summed E-state index contributed by atoms with van der Waals surface area (Å²) in [5, 5.41) is 17.5. The summed E-state index contributed by atoms with van der Waals surface area (Å²) in [6, 6.07) is 6.44. The molecule has 1 aliphatic heterocycles. The van der Waals surface area contributed by atoms with Crippen LogP contribution < -0.4 is 26.2 Å². The van der Waals surface area contributed by atoms with E-state index < -0.39 is 0 Å². The first-order valence-electron chi connectivity index (χ1n) is 16.4. The van der Waals surface area contributed by atoms with Crippen LogP contribution in [0.3, 0.4) is 0 Å². The molecule has 14 nitrogen and oxygen atoms in total. The van der Waals surface area contributed by atoms with E-state index in [4.69, 9.17) is 46.9 Å². The van der Waals surface area contributed by atoms with Crippen LogP contribution in [0, 0.1) is 5.41 Å². The van der Waals surface area contributed by atoms with Gasteiger partial charge in [-0.05, 0) is 57.2 Å². The Morgan fingerprint density at radius 3 is 2.57 bits per heavy atom. The SMILES string of the molecule is CCOCCCOc1nn([C@H]2CC[C@H](N3CCOCC3)CC2)cc1Nc1ncc(-c2ccc(Cl)c(O[C@@H](C)CN(C=N)NN)c2)cn1. The molecule has 1 saturated heterocycles. The molecule has 15 heteroatoms. The molecule has 2 fully saturated rings. The van der Waals surface area contributed by atoms with E-state index >= 15 is 0 Å². The lowest BCUT2D eigenvalue weighted by atomic mass is 9.90. The van der Waals surface area contributed by atoms with Crippen LogP contribution in [-0.4, -0.2) is 101 Å². The van der Waals surface area contributed by atoms with Crippen LogP contribution in [0.5, 0.6) is 11.6 Å². The fourth-order valence-electron chi connectivity index (χ4n) is 5.97. The van der Waals surface area contributed by atoms with E-state index in [1.54, 1.807) is 18.5 Å². The van der Waals surface area contributed by atoms with E-state index in [2.05, 4.69) is 25.7 Å². The summed E-state index contributed by atoms with van der Waals surface area (Å²) in [4.78, 5) is 11.8. The van der Waals surface area contributed by atoms with Crippen molar-refractivity contribution in [1.82, 2.24) is 35.2 Å². The number of hydrazine groups is 2. The molecule has 0 bridgehead atoms. The average Bonchev–Trinajstić information content (AvgIpc) is 3.51. The number of anilines is 2. The van der Waals surface area contributed by atoms with Gasteiger partial charge in [-0.2, -0.15) is 5.53 Å². The number of nitrogens with zero attached hydrogens (tertiary/aromatic N) is 6. The summed E-state index contributed by atoms with van der Waals surface area (Å²) in [7, 11) is 0. The first-order valence-corrected chi connectivity index (χ1v) is 16.8. The van der Waals surface area contributed by atoms with Gasteiger partial charge in [0.15, 0.2) is 0 Å². The zero-order valence-corrected chi connectivity index (χ0v) is 28.0. The second-order valence-corrected chi connectivity index (χ2v) is 12.1. The summed E-state index contributed by atoms with van der Waals surface area (Å²) in [6.07, 6.45) is 11.5. The normalized spacial score (nSPS) is 19.2. The highest BCUT2D eigenvalue weighted by atomic mass is 35.5. The highest BCUT2D eigenvalue weighted by molar-refractivity contribution is 6.32. The van der Waals surface area contributed by atoms with Crippen LogP contribution in [0.15, 0.2) is 36.8 Å². The second kappa shape index (κ2) is 17.6. The maximum atomic E-state index is 7.40. The number of ether oxygens (including phenoxy) is 4. The number of nitrogens with two attached hydrogens (primary N) is 1. The Balaban J connectivity index is 1.25. The van der Waals surface area contributed by atoms with Gasteiger partial charge in [0, 0.05) is 56.7 Å². The largest absolute Gasteiger partial charge is 0.487 e. The van der Waals surface area contributed by atoms with E-state index in [1.807, 2.05) is 36.9 Å². The van der Waals surface area contributed by atoms with Gasteiger partial charge in [-0.15, -0.1) is 5.10 Å². The molecule has 1 aliphatic carbocycles. The molecular formula is C32H47ClN10O4. The molecule has 47 heavy (non-hydrogen) atoms. The van der Waals surface area contributed by atoms with Crippen molar-refractivity contribution in [2.75, 3.05) is 58.0 Å². The summed E-state index contributed by atoms with van der Waals surface area (Å²) in [6.45, 7) is 9.73. The monoisotopic (exact) mass is 670 g/mol. The molecule has 0 radical (unpaired) electrons. The Morgan fingerprint density at radius 1 is 1.13 bits per heavy atom. The van der Waals surface area contributed by atoms with Crippen molar-refractivity contribution in [3.05, 3.63) is 41.8 Å². The lowest BCUT2D eigenvalue weighted by Crippen LogP contribution is -2.46. The number of benzene rings is 1. The molecule has 0 spiro atoms. The standard InChI is InChI=1S/C32H47ClN10O4/c1-3-44-13-4-14-46-31-29(21-43(39-31)27-8-6-26(7-9-27)41-11-15-45-16-12-41)38-32-36-18-25(19-37-32)24-5-10-28(33)30(17-24)47-23(2)20-42(22-34)40-35/h5,10,17-19,21-23,26-27,34,40H,3-4,6-9,11-16,20,35H2,1-2H3,(H,36,37,38)/t23-,26-,27-/m0/s1. The molecule has 5 N–H and O–H groups in total. The van der Waals surface area contributed by atoms with Crippen molar-refractivity contribution in [2.45, 2.75) is 64.1 Å². The third kappa shape index (κ3) is 9.75. The average molecular weight is 671 g/mol. The van der Waals surface area contributed by atoms with E-state index in [1.165, 1.54) is 5.01 Å². The molecule has 1 atom stereocenters. The van der Waals surface area contributed by atoms with E-state index in [9.17, 15) is 0 Å². The first-order chi connectivity index (χ1) is 23.0. The van der Waals surface area contributed by atoms with Gasteiger partial charge in [-0.25, -0.2) is 9.97 Å². The number of hydrogen-bond acceptors (Lipinski definition) is 12. The Hall–Kier alpha value is -3.53. The summed E-state index contributed by atoms with van der Waals surface area (Å²) >= 11 is 6.43. The fourth-order valence-corrected chi connectivity index (χ4v) is 6.13. The summed E-state index contributed by atoms with van der Waals surface area (Å²) < 4.78 is 25.2. The number of nitrogens with one attached hydrogen (secondary N) is 3. The first kappa shape index (κ1) is 34.8. The lowest BCUT2D eigenvalue weighted by molar-refractivity contribution is 0.00502. The van der Waals surface area contributed by atoms with Gasteiger partial charge in [-0.3, -0.25) is 25.8 Å². The number of hydrogen-bond donors (Lipinski definition) is 4. The minimum atomic E-state index is -0.292. The second-order valence-electron chi connectivity index (χ2n) is 11.7. The van der Waals surface area contributed by atoms with Crippen LogP contribution in [-0.2, 0) is 9.47 Å². The minimum absolute atomic E-state index is 0.292. The van der Waals surface area contributed by atoms with Gasteiger partial charge in [0.05, 0.1) is 50.0 Å². The molecule has 2 aliphatic rings. The van der Waals surface area contributed by atoms with Crippen molar-refractivity contribution >= 4 is 29.6 Å². The Kier molecular flexibility index (Phi) is 13.0. The van der Waals surface area contributed by atoms with Crippen molar-refractivity contribution in [1.29, 1.82) is 5.41 Å². The Morgan fingerprint density at radius 2 is 1.87 bits per heavy atom. The maximum absolute atomic E-state index is 7.40. The van der Waals surface area contributed by atoms with Crippen LogP contribution in [0.4, 0.5) is 11.6 Å². The predicted molar refractivity (Wildman–Crippen MR) is 181 cm³/mol. The third-order valence-corrected chi connectivity index (χ3v) is 8.76. The summed E-state index contributed by atoms with van der Waals surface area (Å²) in [5.41, 5.74) is 4.80. The van der Waals surface area contributed by atoms with Crippen LogP contribution >= 0.6 is 11.6 Å². The van der Waals surface area contributed by atoms with Crippen molar-refractivity contribution in [3.63, 3.8) is 0 Å². The number of halogens is 1. The van der Waals surface area contributed by atoms with E-state index in [-0.39, 0.29) is 6.10 Å². The Labute approximate surface area is 281 Å². The molecule has 0 amide bonds. The fraction of sp³-hybridized carbons (Fsp3) is 0.562. The maximum Gasteiger partial charge on any atom is 0.256 e. The molecule has 1 aromatic carbocycles. The van der Waals surface area contributed by atoms with Crippen LogP contribution in [0.1, 0.15) is 52.0 Å². The quantitative estimate of drug-likeness (QED) is 0.0527. The smallest absolute Gasteiger partial charge is 0.256 e. The van der Waals surface area contributed by atoms with Crippen molar-refractivity contribution in [3.8, 4) is 22.8 Å². The molecular weight excluding hydrogens is 624 g/mol. The lowest BCUT2D eigenvalue weighted by Gasteiger charge is -2.38. The molecule has 0 unspecified atom stereocenters. The molecule has 3 aromatic rings. The molecule has 256 valence electrons. The minimum Gasteiger partial charge on any atom is -0.487 e. The highest BCUT2D eigenvalue weighted by Gasteiger charge is 2.29. The Bertz CT molecular complexity index is 1400. The third-order valence-electron chi connectivity index (χ3n) is 8.44. The van der Waals surface area contributed by atoms with Gasteiger partial charge < -0.3 is 24.3 Å². The van der Waals surface area contributed by atoms with Gasteiger partial charge in [-0.1, -0.05) is 17.7 Å². The zero-order valence-electron chi connectivity index (χ0n) is 27.2. The number of morpholine rings is 1. The van der Waals surface area contributed by atoms with Crippen LogP contribution in [0.2, 0.25) is 5.02 Å². The van der Waals surface area contributed by atoms with Gasteiger partial charge in [0.25, 0.3) is 5.88 Å². The molecule has 5 rings (SSSR count). The van der Waals surface area contributed by atoms with Crippen LogP contribution in [0.25, 0.3) is 11.1 Å². The molecule has 2 aromatic heterocycles. The number of aromatic nitrogens is 4. The topological polar surface area (TPSA) is 161 Å². The van der Waals surface area contributed by atoms with Gasteiger partial charge in [0.2, 0.25) is 5.95 Å². The molecule has 3 heterocycles. The highest BCUT2D eigenvalue weighted by Crippen LogP contribution is 2.35. The predicted octanol–water partition coefficient (Wildman–Crippen LogP) is 4.41. The zero-order chi connectivity index (χ0) is 33.0.